The Morgan fingerprint density at radius 3 is 2.41 bits per heavy atom. The zero-order valence-electron chi connectivity index (χ0n) is 14.8. The van der Waals surface area contributed by atoms with Crippen LogP contribution in [0.2, 0.25) is 5.02 Å². The first-order chi connectivity index (χ1) is 14.0. The third-order valence-electron chi connectivity index (χ3n) is 4.21. The summed E-state index contributed by atoms with van der Waals surface area (Å²) in [4.78, 5) is 0. The quantitative estimate of drug-likeness (QED) is 0.347. The summed E-state index contributed by atoms with van der Waals surface area (Å²) >= 11 is 7.43. The molecule has 1 heterocycles. The number of nitrogens with zero attached hydrogens (tertiary/aromatic N) is 3. The van der Waals surface area contributed by atoms with E-state index < -0.39 is 17.5 Å². The van der Waals surface area contributed by atoms with Gasteiger partial charge in [0.2, 0.25) is 0 Å². The number of thioether (sulfide) groups is 1. The van der Waals surface area contributed by atoms with Gasteiger partial charge < -0.3 is 0 Å². The van der Waals surface area contributed by atoms with Gasteiger partial charge in [-0.15, -0.1) is 10.2 Å². The van der Waals surface area contributed by atoms with E-state index in [-0.39, 0.29) is 17.0 Å². The Balaban J connectivity index is 1.79. The maximum atomic E-state index is 14.6. The average molecular weight is 432 g/mol. The topological polar surface area (TPSA) is 30.7 Å². The van der Waals surface area contributed by atoms with E-state index in [2.05, 4.69) is 10.2 Å². The summed E-state index contributed by atoms with van der Waals surface area (Å²) < 4.78 is 43.6. The van der Waals surface area contributed by atoms with Crippen molar-refractivity contribution < 1.29 is 13.2 Å². The van der Waals surface area contributed by atoms with Gasteiger partial charge in [0, 0.05) is 16.9 Å². The van der Waals surface area contributed by atoms with Crippen LogP contribution in [-0.2, 0) is 5.75 Å². The second-order valence-electron chi connectivity index (χ2n) is 6.10. The van der Waals surface area contributed by atoms with E-state index in [1.54, 1.807) is 42.5 Å². The van der Waals surface area contributed by atoms with Crippen molar-refractivity contribution in [1.29, 1.82) is 0 Å². The van der Waals surface area contributed by atoms with Gasteiger partial charge in [-0.05, 0) is 42.5 Å². The van der Waals surface area contributed by atoms with Crippen LogP contribution in [0.1, 0.15) is 5.56 Å². The summed E-state index contributed by atoms with van der Waals surface area (Å²) in [6.45, 7) is 0. The van der Waals surface area contributed by atoms with E-state index in [0.29, 0.717) is 21.6 Å². The summed E-state index contributed by atoms with van der Waals surface area (Å²) in [5.41, 5.74) is 0.987. The molecule has 0 saturated carbocycles. The lowest BCUT2D eigenvalue weighted by molar-refractivity contribution is 0.591. The van der Waals surface area contributed by atoms with Gasteiger partial charge >= 0.3 is 0 Å². The summed E-state index contributed by atoms with van der Waals surface area (Å²) in [6.07, 6.45) is 0. The average Bonchev–Trinajstić information content (AvgIpc) is 3.13. The maximum Gasteiger partial charge on any atom is 0.196 e. The lowest BCUT2D eigenvalue weighted by atomic mass is 10.2. The maximum absolute atomic E-state index is 14.6. The van der Waals surface area contributed by atoms with Gasteiger partial charge in [0.15, 0.2) is 11.0 Å². The first-order valence-electron chi connectivity index (χ1n) is 8.56. The molecule has 146 valence electrons. The minimum atomic E-state index is -0.533. The molecule has 1 aromatic heterocycles. The zero-order valence-corrected chi connectivity index (χ0v) is 16.4. The van der Waals surface area contributed by atoms with E-state index in [1.165, 1.54) is 10.6 Å². The Hall–Kier alpha value is -2.77. The second kappa shape index (κ2) is 8.31. The van der Waals surface area contributed by atoms with Crippen molar-refractivity contribution >= 4 is 23.4 Å². The normalized spacial score (nSPS) is 11.0. The predicted molar refractivity (Wildman–Crippen MR) is 108 cm³/mol. The molecule has 0 atom stereocenters. The SMILES string of the molecule is Fc1ccc(F)c(CSc2nnc(-c3ccccc3Cl)n2-c2ccccc2F)c1. The summed E-state index contributed by atoms with van der Waals surface area (Å²) in [5.74, 6) is -1.09. The number of para-hydroxylation sites is 1. The van der Waals surface area contributed by atoms with Gasteiger partial charge in [0.05, 0.1) is 10.7 Å². The van der Waals surface area contributed by atoms with Gasteiger partial charge in [-0.3, -0.25) is 4.57 Å². The number of halogens is 4. The van der Waals surface area contributed by atoms with Gasteiger partial charge in [-0.25, -0.2) is 13.2 Å². The van der Waals surface area contributed by atoms with Gasteiger partial charge in [-0.2, -0.15) is 0 Å². The Labute approximate surface area is 174 Å². The highest BCUT2D eigenvalue weighted by Crippen LogP contribution is 2.34. The predicted octanol–water partition coefficient (Wildman–Crippen LogP) is 6.30. The Bertz CT molecular complexity index is 1180. The Morgan fingerprint density at radius 2 is 1.62 bits per heavy atom. The molecule has 0 aliphatic carbocycles. The molecule has 0 radical (unpaired) electrons. The monoisotopic (exact) mass is 431 g/mol. The van der Waals surface area contributed by atoms with Crippen LogP contribution in [-0.4, -0.2) is 14.8 Å². The molecule has 4 aromatic rings. The fraction of sp³-hybridized carbons (Fsp3) is 0.0476. The van der Waals surface area contributed by atoms with E-state index in [4.69, 9.17) is 11.6 Å². The zero-order chi connectivity index (χ0) is 20.4. The van der Waals surface area contributed by atoms with Crippen LogP contribution in [0.5, 0.6) is 0 Å². The van der Waals surface area contributed by atoms with Crippen LogP contribution >= 0.6 is 23.4 Å². The van der Waals surface area contributed by atoms with E-state index >= 15 is 0 Å². The summed E-state index contributed by atoms with van der Waals surface area (Å²) in [7, 11) is 0. The largest absolute Gasteiger partial charge is 0.267 e. The van der Waals surface area contributed by atoms with Crippen LogP contribution in [0.3, 0.4) is 0 Å². The molecule has 0 unspecified atom stereocenters. The molecular weight excluding hydrogens is 419 g/mol. The molecule has 0 bridgehead atoms. The highest BCUT2D eigenvalue weighted by Gasteiger charge is 2.20. The molecule has 0 N–H and O–H groups in total. The van der Waals surface area contributed by atoms with Crippen molar-refractivity contribution in [3.63, 3.8) is 0 Å². The summed E-state index contributed by atoms with van der Waals surface area (Å²) in [5, 5.41) is 9.11. The highest BCUT2D eigenvalue weighted by atomic mass is 35.5. The molecule has 0 spiro atoms. The molecule has 3 aromatic carbocycles. The standard InChI is InChI=1S/C21H13ClF3N3S/c22-16-6-2-1-5-15(16)20-26-27-21(28(20)19-8-4-3-7-18(19)25)29-12-13-11-14(23)9-10-17(13)24/h1-11H,12H2. The van der Waals surface area contributed by atoms with Crippen molar-refractivity contribution in [3.8, 4) is 17.1 Å². The minimum Gasteiger partial charge on any atom is -0.267 e. The molecular formula is C21H13ClF3N3S. The van der Waals surface area contributed by atoms with Crippen molar-refractivity contribution in [2.75, 3.05) is 0 Å². The number of rotatable bonds is 5. The van der Waals surface area contributed by atoms with Crippen molar-refractivity contribution in [2.45, 2.75) is 10.9 Å². The molecule has 29 heavy (non-hydrogen) atoms. The van der Waals surface area contributed by atoms with Crippen molar-refractivity contribution in [1.82, 2.24) is 14.8 Å². The van der Waals surface area contributed by atoms with Crippen molar-refractivity contribution in [3.05, 3.63) is 94.8 Å². The van der Waals surface area contributed by atoms with Crippen LogP contribution in [0.4, 0.5) is 13.2 Å². The smallest absolute Gasteiger partial charge is 0.196 e. The minimum absolute atomic E-state index is 0.0959. The Morgan fingerprint density at radius 1 is 0.862 bits per heavy atom. The molecule has 0 saturated heterocycles. The lowest BCUT2D eigenvalue weighted by Gasteiger charge is -2.12. The molecule has 0 aliphatic rings. The third kappa shape index (κ3) is 4.02. The molecule has 0 fully saturated rings. The third-order valence-corrected chi connectivity index (χ3v) is 5.51. The van der Waals surface area contributed by atoms with Crippen molar-refractivity contribution in [2.24, 2.45) is 0 Å². The Kier molecular flexibility index (Phi) is 5.60. The number of hydrogen-bond donors (Lipinski definition) is 0. The van der Waals surface area contributed by atoms with Gasteiger partial charge in [-0.1, -0.05) is 47.6 Å². The molecule has 0 amide bonds. The highest BCUT2D eigenvalue weighted by molar-refractivity contribution is 7.98. The molecule has 8 heteroatoms. The molecule has 3 nitrogen and oxygen atoms in total. The van der Waals surface area contributed by atoms with E-state index in [9.17, 15) is 13.2 Å². The lowest BCUT2D eigenvalue weighted by Crippen LogP contribution is -2.03. The van der Waals surface area contributed by atoms with Crippen LogP contribution < -0.4 is 0 Å². The van der Waals surface area contributed by atoms with E-state index in [1.807, 2.05) is 0 Å². The van der Waals surface area contributed by atoms with E-state index in [0.717, 1.165) is 30.0 Å². The summed E-state index contributed by atoms with van der Waals surface area (Å²) in [6, 6.07) is 16.5. The van der Waals surface area contributed by atoms with Crippen LogP contribution in [0.25, 0.3) is 17.1 Å². The van der Waals surface area contributed by atoms with Crippen LogP contribution in [0.15, 0.2) is 71.9 Å². The first-order valence-corrected chi connectivity index (χ1v) is 9.93. The molecule has 0 aliphatic heterocycles. The van der Waals surface area contributed by atoms with Gasteiger partial charge in [0.25, 0.3) is 0 Å². The molecule has 4 rings (SSSR count). The number of aromatic nitrogens is 3. The number of benzene rings is 3. The fourth-order valence-electron chi connectivity index (χ4n) is 2.83. The fourth-order valence-corrected chi connectivity index (χ4v) is 3.97. The van der Waals surface area contributed by atoms with Crippen LogP contribution in [0, 0.1) is 17.5 Å². The number of hydrogen-bond acceptors (Lipinski definition) is 3. The van der Waals surface area contributed by atoms with Gasteiger partial charge in [0.1, 0.15) is 17.5 Å². The first kappa shape index (κ1) is 19.5. The second-order valence-corrected chi connectivity index (χ2v) is 7.45.